The number of hydrogen-bond acceptors (Lipinski definition) is 4. The maximum absolute atomic E-state index is 13.0. The second-order valence-electron chi connectivity index (χ2n) is 7.45. The molecule has 9 heteroatoms. The Labute approximate surface area is 169 Å². The smallest absolute Gasteiger partial charge is 0.382 e. The third-order valence-corrected chi connectivity index (χ3v) is 5.01. The Hall–Kier alpha value is -1.84. The third kappa shape index (κ3) is 7.17. The monoisotopic (exact) mass is 417 g/mol. The predicted molar refractivity (Wildman–Crippen MR) is 104 cm³/mol. The first-order valence-electron chi connectivity index (χ1n) is 9.74. The molecule has 2 unspecified atom stereocenters. The number of nitrogens with zero attached hydrogens (tertiary/aromatic N) is 1. The molecular formula is C20H30F3N3O3. The van der Waals surface area contributed by atoms with Crippen LogP contribution in [0.3, 0.4) is 0 Å². The summed E-state index contributed by atoms with van der Waals surface area (Å²) in [6.45, 7) is 7.64. The number of rotatable bonds is 8. The minimum absolute atomic E-state index is 0.0613. The molecule has 164 valence electrons. The lowest BCUT2D eigenvalue weighted by molar-refractivity contribution is -0.137. The van der Waals surface area contributed by atoms with Gasteiger partial charge in [-0.25, -0.2) is 4.79 Å². The van der Waals surface area contributed by atoms with Gasteiger partial charge in [-0.3, -0.25) is 4.90 Å². The van der Waals surface area contributed by atoms with Gasteiger partial charge in [0.25, 0.3) is 0 Å². The summed E-state index contributed by atoms with van der Waals surface area (Å²) in [5, 5.41) is 5.58. The van der Waals surface area contributed by atoms with Crippen LogP contribution >= 0.6 is 0 Å². The largest absolute Gasteiger partial charge is 0.416 e. The van der Waals surface area contributed by atoms with Crippen LogP contribution in [-0.2, 0) is 15.7 Å². The van der Waals surface area contributed by atoms with Crippen molar-refractivity contribution in [2.45, 2.75) is 32.1 Å². The van der Waals surface area contributed by atoms with Gasteiger partial charge in [0.2, 0.25) is 0 Å². The summed E-state index contributed by atoms with van der Waals surface area (Å²) < 4.78 is 49.5. The van der Waals surface area contributed by atoms with Crippen molar-refractivity contribution in [3.8, 4) is 0 Å². The second kappa shape index (κ2) is 10.8. The number of urea groups is 1. The van der Waals surface area contributed by atoms with Crippen molar-refractivity contribution in [3.63, 3.8) is 0 Å². The van der Waals surface area contributed by atoms with E-state index < -0.39 is 23.8 Å². The summed E-state index contributed by atoms with van der Waals surface area (Å²) in [6.07, 6.45) is -4.45. The second-order valence-corrected chi connectivity index (χ2v) is 7.45. The average molecular weight is 417 g/mol. The summed E-state index contributed by atoms with van der Waals surface area (Å²) in [4.78, 5) is 14.7. The SMILES string of the molecule is COCC(NC(=O)NCC(C(C)C)N1CCOCC1)c1cccc(C(F)(F)F)c1. The maximum Gasteiger partial charge on any atom is 0.416 e. The molecule has 0 saturated carbocycles. The Morgan fingerprint density at radius 3 is 2.55 bits per heavy atom. The van der Waals surface area contributed by atoms with E-state index in [9.17, 15) is 18.0 Å². The van der Waals surface area contributed by atoms with Crippen molar-refractivity contribution in [1.29, 1.82) is 0 Å². The highest BCUT2D eigenvalue weighted by molar-refractivity contribution is 5.74. The van der Waals surface area contributed by atoms with Crippen LogP contribution in [0.5, 0.6) is 0 Å². The number of carbonyl (C=O) groups is 1. The molecule has 0 aliphatic carbocycles. The summed E-state index contributed by atoms with van der Waals surface area (Å²) in [5.74, 6) is 0.326. The zero-order valence-corrected chi connectivity index (χ0v) is 17.1. The van der Waals surface area contributed by atoms with Gasteiger partial charge in [0, 0.05) is 32.8 Å². The zero-order valence-electron chi connectivity index (χ0n) is 17.1. The molecule has 0 aromatic heterocycles. The van der Waals surface area contributed by atoms with Crippen LogP contribution in [0.2, 0.25) is 0 Å². The number of alkyl halides is 3. The number of carbonyl (C=O) groups excluding carboxylic acids is 1. The Morgan fingerprint density at radius 2 is 1.97 bits per heavy atom. The topological polar surface area (TPSA) is 62.8 Å². The maximum atomic E-state index is 13.0. The van der Waals surface area contributed by atoms with Crippen LogP contribution in [0.4, 0.5) is 18.0 Å². The molecule has 1 aromatic rings. The number of methoxy groups -OCH3 is 1. The summed E-state index contributed by atoms with van der Waals surface area (Å²) in [7, 11) is 1.44. The normalized spacial score (nSPS) is 17.8. The van der Waals surface area contributed by atoms with Crippen molar-refractivity contribution in [3.05, 3.63) is 35.4 Å². The molecule has 1 aliphatic rings. The Balaban J connectivity index is 2.00. The van der Waals surface area contributed by atoms with Crippen LogP contribution < -0.4 is 10.6 Å². The van der Waals surface area contributed by atoms with Crippen molar-refractivity contribution in [1.82, 2.24) is 15.5 Å². The third-order valence-electron chi connectivity index (χ3n) is 5.01. The number of halogens is 3. The van der Waals surface area contributed by atoms with Gasteiger partial charge >= 0.3 is 12.2 Å². The highest BCUT2D eigenvalue weighted by Crippen LogP contribution is 2.30. The van der Waals surface area contributed by atoms with Gasteiger partial charge in [-0.2, -0.15) is 13.2 Å². The van der Waals surface area contributed by atoms with Crippen LogP contribution in [0, 0.1) is 5.92 Å². The quantitative estimate of drug-likeness (QED) is 0.683. The summed E-state index contributed by atoms with van der Waals surface area (Å²) >= 11 is 0. The number of hydrogen-bond donors (Lipinski definition) is 2. The van der Waals surface area contributed by atoms with E-state index in [4.69, 9.17) is 9.47 Å². The number of amides is 2. The molecule has 0 spiro atoms. The van der Waals surface area contributed by atoms with E-state index in [1.54, 1.807) is 6.07 Å². The molecule has 1 heterocycles. The van der Waals surface area contributed by atoms with Crippen molar-refractivity contribution in [2.24, 2.45) is 5.92 Å². The standard InChI is InChI=1S/C20H30F3N3O3/c1-14(2)18(26-7-9-29-10-8-26)12-24-19(27)25-17(13-28-3)15-5-4-6-16(11-15)20(21,22)23/h4-6,11,14,17-18H,7-10,12-13H2,1-3H3,(H2,24,25,27). The van der Waals surface area contributed by atoms with E-state index in [2.05, 4.69) is 29.4 Å². The number of morpholine rings is 1. The van der Waals surface area contributed by atoms with Gasteiger partial charge in [0.1, 0.15) is 0 Å². The summed E-state index contributed by atoms with van der Waals surface area (Å²) in [5.41, 5.74) is -0.420. The minimum atomic E-state index is -4.45. The number of nitrogens with one attached hydrogen (secondary N) is 2. The first-order valence-corrected chi connectivity index (χ1v) is 9.74. The Morgan fingerprint density at radius 1 is 1.28 bits per heavy atom. The number of ether oxygens (including phenoxy) is 2. The minimum Gasteiger partial charge on any atom is -0.382 e. The molecule has 0 radical (unpaired) electrons. The molecule has 2 rings (SSSR count). The van der Waals surface area contributed by atoms with E-state index in [0.717, 1.165) is 25.2 Å². The highest BCUT2D eigenvalue weighted by atomic mass is 19.4. The lowest BCUT2D eigenvalue weighted by Crippen LogP contribution is -2.52. The van der Waals surface area contributed by atoms with Crippen LogP contribution in [0.25, 0.3) is 0 Å². The molecule has 2 amide bonds. The first-order chi connectivity index (χ1) is 13.7. The highest BCUT2D eigenvalue weighted by Gasteiger charge is 2.31. The van der Waals surface area contributed by atoms with Crippen molar-refractivity contribution >= 4 is 6.03 Å². The Kier molecular flexibility index (Phi) is 8.73. The van der Waals surface area contributed by atoms with Gasteiger partial charge in [0.05, 0.1) is 31.4 Å². The van der Waals surface area contributed by atoms with E-state index in [1.165, 1.54) is 13.2 Å². The summed E-state index contributed by atoms with van der Waals surface area (Å²) in [6, 6.07) is 3.93. The molecule has 1 fully saturated rings. The molecule has 2 N–H and O–H groups in total. The molecule has 2 atom stereocenters. The molecule has 6 nitrogen and oxygen atoms in total. The fourth-order valence-corrected chi connectivity index (χ4v) is 3.42. The fraction of sp³-hybridized carbons (Fsp3) is 0.650. The van der Waals surface area contributed by atoms with Crippen LogP contribution in [0.1, 0.15) is 31.0 Å². The number of benzene rings is 1. The molecule has 1 aromatic carbocycles. The first kappa shape index (κ1) is 23.4. The van der Waals surface area contributed by atoms with Gasteiger partial charge in [-0.15, -0.1) is 0 Å². The predicted octanol–water partition coefficient (Wildman–Crippen LogP) is 3.05. The molecule has 29 heavy (non-hydrogen) atoms. The van der Waals surface area contributed by atoms with Crippen LogP contribution in [-0.4, -0.2) is 63.5 Å². The zero-order chi connectivity index (χ0) is 21.4. The van der Waals surface area contributed by atoms with E-state index >= 15 is 0 Å². The molecular weight excluding hydrogens is 387 g/mol. The fourth-order valence-electron chi connectivity index (χ4n) is 3.42. The van der Waals surface area contributed by atoms with Crippen molar-refractivity contribution in [2.75, 3.05) is 46.6 Å². The van der Waals surface area contributed by atoms with E-state index in [0.29, 0.717) is 31.2 Å². The van der Waals surface area contributed by atoms with Gasteiger partial charge < -0.3 is 20.1 Å². The molecule has 0 bridgehead atoms. The lowest BCUT2D eigenvalue weighted by Gasteiger charge is -2.37. The van der Waals surface area contributed by atoms with Gasteiger partial charge in [-0.05, 0) is 23.6 Å². The van der Waals surface area contributed by atoms with E-state index in [1.807, 2.05) is 0 Å². The lowest BCUT2D eigenvalue weighted by atomic mass is 10.0. The average Bonchev–Trinajstić information content (AvgIpc) is 2.68. The van der Waals surface area contributed by atoms with Crippen LogP contribution in [0.15, 0.2) is 24.3 Å². The van der Waals surface area contributed by atoms with Crippen molar-refractivity contribution < 1.29 is 27.4 Å². The van der Waals surface area contributed by atoms with Gasteiger partial charge in [0.15, 0.2) is 0 Å². The van der Waals surface area contributed by atoms with E-state index in [-0.39, 0.29) is 12.6 Å². The van der Waals surface area contributed by atoms with Gasteiger partial charge in [-0.1, -0.05) is 26.0 Å². The molecule has 1 saturated heterocycles. The Bertz CT molecular complexity index is 649. The molecule has 1 aliphatic heterocycles.